The van der Waals surface area contributed by atoms with E-state index in [4.69, 9.17) is 0 Å². The molecular weight excluding hydrogens is 196 g/mol. The Bertz CT molecular complexity index is 300. The second-order valence-corrected chi connectivity index (χ2v) is 4.59. The van der Waals surface area contributed by atoms with Crippen LogP contribution >= 0.6 is 0 Å². The van der Waals surface area contributed by atoms with E-state index in [0.717, 1.165) is 13.1 Å². The van der Waals surface area contributed by atoms with Crippen LogP contribution in [0.15, 0.2) is 18.2 Å². The molecule has 0 aliphatic carbocycles. The van der Waals surface area contributed by atoms with Crippen molar-refractivity contribution < 1.29 is 0 Å². The quantitative estimate of drug-likeness (QED) is 0.770. The molecule has 90 valence electrons. The van der Waals surface area contributed by atoms with Gasteiger partial charge in [-0.3, -0.25) is 0 Å². The predicted molar refractivity (Wildman–Crippen MR) is 72.1 cm³/mol. The molecule has 0 aromatic heterocycles. The summed E-state index contributed by atoms with van der Waals surface area (Å²) in [6.45, 7) is 8.64. The molecule has 0 bridgehead atoms. The van der Waals surface area contributed by atoms with Crippen LogP contribution < -0.4 is 10.6 Å². The highest BCUT2D eigenvalue weighted by atomic mass is 14.9. The van der Waals surface area contributed by atoms with Crippen LogP contribution in [0, 0.1) is 19.8 Å². The lowest BCUT2D eigenvalue weighted by molar-refractivity contribution is 0.506. The monoisotopic (exact) mass is 220 g/mol. The highest BCUT2D eigenvalue weighted by molar-refractivity contribution is 5.48. The number of aryl methyl sites for hydroxylation is 2. The van der Waals surface area contributed by atoms with E-state index in [1.807, 2.05) is 7.05 Å². The summed E-state index contributed by atoms with van der Waals surface area (Å²) >= 11 is 0. The average Bonchev–Trinajstić information content (AvgIpc) is 2.23. The Morgan fingerprint density at radius 2 is 1.69 bits per heavy atom. The second-order valence-electron chi connectivity index (χ2n) is 4.59. The highest BCUT2D eigenvalue weighted by Crippen LogP contribution is 2.14. The summed E-state index contributed by atoms with van der Waals surface area (Å²) in [7, 11) is 2.01. The Morgan fingerprint density at radius 3 is 2.19 bits per heavy atom. The van der Waals surface area contributed by atoms with Gasteiger partial charge in [-0.1, -0.05) is 19.4 Å². The Kier molecular flexibility index (Phi) is 5.33. The number of hydrogen-bond donors (Lipinski definition) is 2. The van der Waals surface area contributed by atoms with Crippen LogP contribution in [-0.4, -0.2) is 20.1 Å². The topological polar surface area (TPSA) is 24.1 Å². The minimum Gasteiger partial charge on any atom is -0.385 e. The number of rotatable bonds is 6. The molecule has 2 heteroatoms. The molecule has 0 radical (unpaired) electrons. The van der Waals surface area contributed by atoms with E-state index in [0.29, 0.717) is 5.92 Å². The zero-order valence-corrected chi connectivity index (χ0v) is 10.9. The van der Waals surface area contributed by atoms with Gasteiger partial charge in [0.05, 0.1) is 0 Å². The summed E-state index contributed by atoms with van der Waals surface area (Å²) in [5, 5.41) is 6.76. The predicted octanol–water partition coefficient (Wildman–Crippen LogP) is 2.96. The molecule has 0 spiro atoms. The van der Waals surface area contributed by atoms with Crippen LogP contribution in [0.4, 0.5) is 5.69 Å². The van der Waals surface area contributed by atoms with Gasteiger partial charge >= 0.3 is 0 Å². The largest absolute Gasteiger partial charge is 0.385 e. The van der Waals surface area contributed by atoms with E-state index in [1.54, 1.807) is 0 Å². The third-order valence-electron chi connectivity index (χ3n) is 2.89. The van der Waals surface area contributed by atoms with Crippen LogP contribution in [0.3, 0.4) is 0 Å². The van der Waals surface area contributed by atoms with Gasteiger partial charge in [-0.2, -0.15) is 0 Å². The van der Waals surface area contributed by atoms with Crippen molar-refractivity contribution in [2.45, 2.75) is 27.2 Å². The molecule has 0 saturated heterocycles. The fourth-order valence-corrected chi connectivity index (χ4v) is 1.99. The molecule has 1 atom stereocenters. The molecule has 1 rings (SSSR count). The van der Waals surface area contributed by atoms with Gasteiger partial charge < -0.3 is 10.6 Å². The second kappa shape index (κ2) is 6.54. The lowest BCUT2D eigenvalue weighted by Gasteiger charge is -2.16. The SMILES string of the molecule is CCC(CNC)CNc1cc(C)cc(C)c1. The third kappa shape index (κ3) is 4.23. The minimum absolute atomic E-state index is 0.700. The van der Waals surface area contributed by atoms with E-state index in [9.17, 15) is 0 Å². The highest BCUT2D eigenvalue weighted by Gasteiger charge is 2.04. The van der Waals surface area contributed by atoms with Crippen molar-refractivity contribution in [2.75, 3.05) is 25.5 Å². The molecule has 0 aliphatic heterocycles. The maximum absolute atomic E-state index is 3.52. The first-order valence-electron chi connectivity index (χ1n) is 6.12. The van der Waals surface area contributed by atoms with Crippen molar-refractivity contribution in [1.82, 2.24) is 5.32 Å². The summed E-state index contributed by atoms with van der Waals surface area (Å²) in [6, 6.07) is 6.62. The zero-order valence-electron chi connectivity index (χ0n) is 10.9. The van der Waals surface area contributed by atoms with E-state index >= 15 is 0 Å². The molecule has 1 unspecified atom stereocenters. The van der Waals surface area contributed by atoms with Crippen molar-refractivity contribution in [3.8, 4) is 0 Å². The number of hydrogen-bond acceptors (Lipinski definition) is 2. The molecule has 0 amide bonds. The van der Waals surface area contributed by atoms with Crippen LogP contribution in [0.2, 0.25) is 0 Å². The minimum atomic E-state index is 0.700. The molecule has 1 aromatic rings. The lowest BCUT2D eigenvalue weighted by atomic mass is 10.1. The molecule has 0 saturated carbocycles. The van der Waals surface area contributed by atoms with Crippen molar-refractivity contribution in [3.63, 3.8) is 0 Å². The first-order chi connectivity index (χ1) is 7.65. The number of benzene rings is 1. The lowest BCUT2D eigenvalue weighted by Crippen LogP contribution is -2.24. The molecule has 1 aromatic carbocycles. The van der Waals surface area contributed by atoms with Gasteiger partial charge in [0, 0.05) is 12.2 Å². The number of nitrogens with one attached hydrogen (secondary N) is 2. The van der Waals surface area contributed by atoms with Crippen LogP contribution in [0.25, 0.3) is 0 Å². The zero-order chi connectivity index (χ0) is 12.0. The molecule has 0 aliphatic rings. The summed E-state index contributed by atoms with van der Waals surface area (Å²) < 4.78 is 0. The van der Waals surface area contributed by atoms with E-state index in [2.05, 4.69) is 49.6 Å². The van der Waals surface area contributed by atoms with Gasteiger partial charge in [0.2, 0.25) is 0 Å². The maximum Gasteiger partial charge on any atom is 0.0345 e. The molecule has 16 heavy (non-hydrogen) atoms. The molecular formula is C14H24N2. The molecule has 0 fully saturated rings. The van der Waals surface area contributed by atoms with Crippen molar-refractivity contribution >= 4 is 5.69 Å². The fraction of sp³-hybridized carbons (Fsp3) is 0.571. The third-order valence-corrected chi connectivity index (χ3v) is 2.89. The number of anilines is 1. The van der Waals surface area contributed by atoms with Gasteiger partial charge in [0.1, 0.15) is 0 Å². The summed E-state index contributed by atoms with van der Waals surface area (Å²) in [5.74, 6) is 0.700. The van der Waals surface area contributed by atoms with E-state index in [1.165, 1.54) is 23.2 Å². The van der Waals surface area contributed by atoms with Gasteiger partial charge in [0.15, 0.2) is 0 Å². The molecule has 0 heterocycles. The van der Waals surface area contributed by atoms with Crippen molar-refractivity contribution in [1.29, 1.82) is 0 Å². The summed E-state index contributed by atoms with van der Waals surface area (Å²) in [6.07, 6.45) is 1.21. The molecule has 2 N–H and O–H groups in total. The van der Waals surface area contributed by atoms with Gasteiger partial charge in [0.25, 0.3) is 0 Å². The van der Waals surface area contributed by atoms with Crippen LogP contribution in [-0.2, 0) is 0 Å². The normalized spacial score (nSPS) is 12.5. The maximum atomic E-state index is 3.52. The Labute approximate surface area is 99.5 Å². The average molecular weight is 220 g/mol. The Balaban J connectivity index is 2.52. The van der Waals surface area contributed by atoms with Gasteiger partial charge in [-0.15, -0.1) is 0 Å². The first kappa shape index (κ1) is 13.0. The van der Waals surface area contributed by atoms with Crippen LogP contribution in [0.5, 0.6) is 0 Å². The summed E-state index contributed by atoms with van der Waals surface area (Å²) in [5.41, 5.74) is 3.89. The smallest absolute Gasteiger partial charge is 0.0345 e. The van der Waals surface area contributed by atoms with Gasteiger partial charge in [-0.05, 0) is 56.6 Å². The van der Waals surface area contributed by atoms with Gasteiger partial charge in [-0.25, -0.2) is 0 Å². The first-order valence-corrected chi connectivity index (χ1v) is 6.12. The van der Waals surface area contributed by atoms with E-state index in [-0.39, 0.29) is 0 Å². The fourth-order valence-electron chi connectivity index (χ4n) is 1.99. The Morgan fingerprint density at radius 1 is 1.06 bits per heavy atom. The standard InChI is InChI=1S/C14H24N2/c1-5-13(9-15-4)10-16-14-7-11(2)6-12(3)8-14/h6-8,13,15-16H,5,9-10H2,1-4H3. The Hall–Kier alpha value is -1.02. The van der Waals surface area contributed by atoms with Crippen molar-refractivity contribution in [3.05, 3.63) is 29.3 Å². The van der Waals surface area contributed by atoms with Crippen molar-refractivity contribution in [2.24, 2.45) is 5.92 Å². The van der Waals surface area contributed by atoms with Crippen LogP contribution in [0.1, 0.15) is 24.5 Å². The van der Waals surface area contributed by atoms with E-state index < -0.39 is 0 Å². The summed E-state index contributed by atoms with van der Waals surface area (Å²) in [4.78, 5) is 0. The molecule has 2 nitrogen and oxygen atoms in total.